The van der Waals surface area contributed by atoms with E-state index in [-0.39, 0.29) is 16.5 Å². The lowest BCUT2D eigenvalue weighted by Crippen LogP contribution is -2.43. The lowest BCUT2D eigenvalue weighted by atomic mass is 10.0. The van der Waals surface area contributed by atoms with Gasteiger partial charge in [-0.3, -0.25) is 19.2 Å². The van der Waals surface area contributed by atoms with Crippen LogP contribution in [0.2, 0.25) is 0 Å². The van der Waals surface area contributed by atoms with Crippen molar-refractivity contribution in [2.24, 2.45) is 7.05 Å². The molecule has 0 spiro atoms. The number of carboxylic acid groups (broad SMARTS) is 2. The number of carbonyl (C=O) groups is 4. The summed E-state index contributed by atoms with van der Waals surface area (Å²) < 4.78 is 11.6. The highest BCUT2D eigenvalue weighted by Crippen LogP contribution is 2.36. The summed E-state index contributed by atoms with van der Waals surface area (Å²) in [5.74, 6) is -8.65. The molecule has 0 aliphatic heterocycles. The van der Waals surface area contributed by atoms with Crippen molar-refractivity contribution in [3.63, 3.8) is 0 Å². The number of amides is 1. The fourth-order valence-corrected chi connectivity index (χ4v) is 4.31. The summed E-state index contributed by atoms with van der Waals surface area (Å²) in [6.45, 7) is -1.13. The highest BCUT2D eigenvalue weighted by atomic mass is 16.5. The van der Waals surface area contributed by atoms with Crippen molar-refractivity contribution in [3.05, 3.63) is 56.7 Å². The third kappa shape index (κ3) is 5.74. The third-order valence-electron chi connectivity index (χ3n) is 6.41. The van der Waals surface area contributed by atoms with Gasteiger partial charge >= 0.3 is 17.9 Å². The number of aromatic hydroxyl groups is 4. The van der Waals surface area contributed by atoms with E-state index in [2.05, 4.69) is 0 Å². The molecule has 0 saturated carbocycles. The summed E-state index contributed by atoms with van der Waals surface area (Å²) in [7, 11) is 1.48. The number of fused-ring (bicyclic) bond motifs is 2. The number of aliphatic carboxylic acids is 2. The van der Waals surface area contributed by atoms with Crippen LogP contribution in [-0.4, -0.2) is 71.7 Å². The Hall–Kier alpha value is -6.06. The molecular weight excluding hydrogens is 576 g/mol. The Kier molecular flexibility index (Phi) is 7.96. The molecule has 4 rings (SSSR count). The normalized spacial score (nSPS) is 11.7. The number of esters is 1. The molecule has 7 N–H and O–H groups in total. The van der Waals surface area contributed by atoms with Crippen LogP contribution in [0.4, 0.5) is 0 Å². The van der Waals surface area contributed by atoms with E-state index in [0.717, 1.165) is 24.5 Å². The topological polar surface area (TPSA) is 263 Å². The van der Waals surface area contributed by atoms with E-state index in [1.165, 1.54) is 17.8 Å². The van der Waals surface area contributed by atoms with Gasteiger partial charge in [0.2, 0.25) is 5.43 Å². The van der Waals surface area contributed by atoms with Gasteiger partial charge in [0.1, 0.15) is 23.5 Å². The van der Waals surface area contributed by atoms with Crippen LogP contribution in [0.5, 0.6) is 23.0 Å². The first kappa shape index (κ1) is 29.9. The predicted molar refractivity (Wildman–Crippen MR) is 144 cm³/mol. The molecule has 43 heavy (non-hydrogen) atoms. The van der Waals surface area contributed by atoms with E-state index in [1.807, 2.05) is 5.32 Å². The summed E-state index contributed by atoms with van der Waals surface area (Å²) >= 11 is 0. The Morgan fingerprint density at radius 1 is 0.953 bits per heavy atom. The number of phenolic OH excluding ortho intramolecular Hbond substituents is 4. The number of ether oxygens (including phenoxy) is 1. The Morgan fingerprint density at radius 3 is 2.28 bits per heavy atom. The molecule has 16 heteroatoms. The van der Waals surface area contributed by atoms with E-state index in [1.54, 1.807) is 0 Å². The van der Waals surface area contributed by atoms with Crippen LogP contribution in [0.1, 0.15) is 23.2 Å². The number of nitrogens with zero attached hydrogens (tertiary/aromatic N) is 1. The minimum atomic E-state index is -1.62. The number of carboxylic acids is 2. The van der Waals surface area contributed by atoms with Crippen LogP contribution in [0, 0.1) is 0 Å². The van der Waals surface area contributed by atoms with Crippen molar-refractivity contribution in [1.29, 1.82) is 0 Å². The second-order valence-electron chi connectivity index (χ2n) is 9.28. The maximum absolute atomic E-state index is 13.6. The van der Waals surface area contributed by atoms with Gasteiger partial charge in [-0.15, -0.1) is 0 Å². The number of carbonyl (C=O) groups excluding carboxylic acids is 2. The first-order chi connectivity index (χ1) is 20.2. The molecule has 16 nitrogen and oxygen atoms in total. The fraction of sp³-hybridized carbons (Fsp3) is 0.185. The molecule has 4 aromatic rings. The Balaban J connectivity index is 1.75. The third-order valence-corrected chi connectivity index (χ3v) is 6.41. The zero-order valence-corrected chi connectivity index (χ0v) is 22.0. The zero-order valence-electron chi connectivity index (χ0n) is 22.0. The van der Waals surface area contributed by atoms with E-state index >= 15 is 0 Å². The number of phenols is 4. The van der Waals surface area contributed by atoms with E-state index < -0.39 is 105 Å². The molecule has 2 aromatic heterocycles. The van der Waals surface area contributed by atoms with Crippen LogP contribution in [0.25, 0.3) is 33.0 Å². The SMILES string of the molecule is Cn1cc(-c2coc3cc(O)c(O)c(C(=O)OCC(=O)NC(CCC(=O)O)C(=O)O)c3c2=O)c(=O)c2cc(O)c(O)cc21. The first-order valence-corrected chi connectivity index (χ1v) is 12.2. The minimum absolute atomic E-state index is 0.0861. The molecule has 2 heterocycles. The molecule has 0 radical (unpaired) electrons. The van der Waals surface area contributed by atoms with Gasteiger partial charge in [-0.25, -0.2) is 9.59 Å². The number of hydrogen-bond donors (Lipinski definition) is 7. The van der Waals surface area contributed by atoms with Gasteiger partial charge in [0.05, 0.1) is 27.4 Å². The molecule has 224 valence electrons. The summed E-state index contributed by atoms with van der Waals surface area (Å²) in [6, 6.07) is 1.32. The molecular formula is C27H22N2O14. The van der Waals surface area contributed by atoms with Crippen LogP contribution in [0.15, 0.2) is 44.7 Å². The second kappa shape index (κ2) is 11.4. The Labute approximate surface area is 238 Å². The van der Waals surface area contributed by atoms with E-state index in [9.17, 15) is 54.3 Å². The van der Waals surface area contributed by atoms with Crippen molar-refractivity contribution in [2.45, 2.75) is 18.9 Å². The molecule has 0 aliphatic carbocycles. The van der Waals surface area contributed by atoms with Crippen molar-refractivity contribution in [1.82, 2.24) is 9.88 Å². The van der Waals surface area contributed by atoms with E-state index in [4.69, 9.17) is 14.3 Å². The number of benzene rings is 2. The van der Waals surface area contributed by atoms with Crippen molar-refractivity contribution < 1.29 is 59.0 Å². The quantitative estimate of drug-likeness (QED) is 0.103. The Morgan fingerprint density at radius 2 is 1.63 bits per heavy atom. The van der Waals surface area contributed by atoms with Crippen LogP contribution >= 0.6 is 0 Å². The molecule has 1 atom stereocenters. The monoisotopic (exact) mass is 598 g/mol. The van der Waals surface area contributed by atoms with Gasteiger partial charge in [-0.1, -0.05) is 0 Å². The summed E-state index contributed by atoms with van der Waals surface area (Å²) in [5, 5.41) is 59.5. The molecule has 2 aromatic carbocycles. The molecule has 0 aliphatic rings. The summed E-state index contributed by atoms with van der Waals surface area (Å²) in [6.07, 6.45) is 1.05. The summed E-state index contributed by atoms with van der Waals surface area (Å²) in [5.41, 5.74) is -3.61. The van der Waals surface area contributed by atoms with Gasteiger partial charge in [0.25, 0.3) is 5.91 Å². The highest BCUT2D eigenvalue weighted by molar-refractivity contribution is 6.08. The van der Waals surface area contributed by atoms with E-state index in [0.29, 0.717) is 0 Å². The molecule has 0 fully saturated rings. The van der Waals surface area contributed by atoms with Gasteiger partial charge in [-0.05, 0) is 12.5 Å². The number of nitrogens with one attached hydrogen (secondary N) is 1. The van der Waals surface area contributed by atoms with Gasteiger partial charge in [0.15, 0.2) is 35.0 Å². The first-order valence-electron chi connectivity index (χ1n) is 12.2. The zero-order chi connectivity index (χ0) is 31.7. The number of pyridine rings is 1. The Bertz CT molecular complexity index is 1960. The average Bonchev–Trinajstić information content (AvgIpc) is 2.94. The molecule has 0 bridgehead atoms. The van der Waals surface area contributed by atoms with Crippen LogP contribution < -0.4 is 16.2 Å². The average molecular weight is 598 g/mol. The number of aromatic nitrogens is 1. The van der Waals surface area contributed by atoms with Crippen LogP contribution in [0.3, 0.4) is 0 Å². The molecule has 1 amide bonds. The van der Waals surface area contributed by atoms with Gasteiger partial charge in [-0.2, -0.15) is 0 Å². The molecule has 0 saturated heterocycles. The van der Waals surface area contributed by atoms with Crippen molar-refractivity contribution >= 4 is 45.7 Å². The number of hydrogen-bond acceptors (Lipinski definition) is 12. The van der Waals surface area contributed by atoms with Crippen molar-refractivity contribution in [2.75, 3.05) is 6.61 Å². The smallest absolute Gasteiger partial charge is 0.343 e. The minimum Gasteiger partial charge on any atom is -0.504 e. The van der Waals surface area contributed by atoms with Crippen LogP contribution in [-0.2, 0) is 26.2 Å². The summed E-state index contributed by atoms with van der Waals surface area (Å²) in [4.78, 5) is 74.1. The lowest BCUT2D eigenvalue weighted by molar-refractivity contribution is -0.143. The number of aryl methyl sites for hydroxylation is 1. The second-order valence-corrected chi connectivity index (χ2v) is 9.28. The maximum Gasteiger partial charge on any atom is 0.343 e. The van der Waals surface area contributed by atoms with Crippen molar-refractivity contribution in [3.8, 4) is 34.1 Å². The highest BCUT2D eigenvalue weighted by Gasteiger charge is 2.28. The lowest BCUT2D eigenvalue weighted by Gasteiger charge is -2.14. The number of rotatable bonds is 9. The fourth-order valence-electron chi connectivity index (χ4n) is 4.31. The van der Waals surface area contributed by atoms with Gasteiger partial charge in [0, 0.05) is 31.8 Å². The standard InChI is InChI=1S/C27H22N2O14/c1-29-7-11(23(36)10-4-15(30)16(31)5-14(10)29)12-8-42-18-6-17(32)25(38)22(21(18)24(12)37)27(41)43-9-19(33)28-13(26(39)40)2-3-20(34)35/h4-8,13,30-32,38H,2-3,9H2,1H3,(H,28,33)(H,34,35)(H,39,40). The predicted octanol–water partition coefficient (Wildman–Crippen LogP) is 0.725. The molecule has 1 unspecified atom stereocenters. The maximum atomic E-state index is 13.6. The largest absolute Gasteiger partial charge is 0.504 e. The van der Waals surface area contributed by atoms with Gasteiger partial charge < -0.3 is 49.7 Å².